The van der Waals surface area contributed by atoms with Crippen LogP contribution in [0.3, 0.4) is 0 Å². The van der Waals surface area contributed by atoms with E-state index in [1.165, 1.54) is 5.71 Å². The van der Waals surface area contributed by atoms with Crippen LogP contribution in [0, 0.1) is 11.8 Å². The fourth-order valence-corrected chi connectivity index (χ4v) is 0.812. The monoisotopic (exact) mass is 179 g/mol. The first-order chi connectivity index (χ1) is 5.99. The second-order valence-corrected chi connectivity index (χ2v) is 3.89. The molecule has 0 atom stereocenters. The molecule has 0 rings (SSSR count). The fraction of sp³-hybridized carbons (Fsp3) is 0.583. The van der Waals surface area contributed by atoms with Gasteiger partial charge in [-0.3, -0.25) is 4.99 Å². The van der Waals surface area contributed by atoms with Crippen molar-refractivity contribution in [1.82, 2.24) is 0 Å². The van der Waals surface area contributed by atoms with Crippen molar-refractivity contribution < 1.29 is 0 Å². The molecular formula is C12H21N. The minimum Gasteiger partial charge on any atom is -0.262 e. The van der Waals surface area contributed by atoms with Gasteiger partial charge in [-0.2, -0.15) is 0 Å². The van der Waals surface area contributed by atoms with Gasteiger partial charge in [0.1, 0.15) is 0 Å². The minimum atomic E-state index is 0.465. The van der Waals surface area contributed by atoms with Crippen molar-refractivity contribution in [3.63, 3.8) is 0 Å². The van der Waals surface area contributed by atoms with Gasteiger partial charge in [-0.15, -0.1) is 0 Å². The van der Waals surface area contributed by atoms with Gasteiger partial charge in [0.2, 0.25) is 0 Å². The zero-order valence-electron chi connectivity index (χ0n) is 9.46. The highest BCUT2D eigenvalue weighted by atomic mass is 14.8. The van der Waals surface area contributed by atoms with Crippen LogP contribution in [0.2, 0.25) is 0 Å². The molecule has 0 amide bonds. The average Bonchev–Trinajstić information content (AvgIpc) is 2.03. The first kappa shape index (κ1) is 12.2. The SMILES string of the molecule is C=C/C=C(\N=C(C)C(C)C)C(C)C. The highest BCUT2D eigenvalue weighted by molar-refractivity contribution is 5.84. The first-order valence-corrected chi connectivity index (χ1v) is 4.86. The van der Waals surface area contributed by atoms with E-state index in [1.54, 1.807) is 6.08 Å². The van der Waals surface area contributed by atoms with Crippen LogP contribution in [-0.4, -0.2) is 5.71 Å². The molecule has 0 saturated heterocycles. The van der Waals surface area contributed by atoms with Crippen LogP contribution in [0.25, 0.3) is 0 Å². The predicted molar refractivity (Wildman–Crippen MR) is 61.1 cm³/mol. The van der Waals surface area contributed by atoms with E-state index in [2.05, 4.69) is 46.2 Å². The molecule has 74 valence electrons. The Morgan fingerprint density at radius 3 is 2.00 bits per heavy atom. The minimum absolute atomic E-state index is 0.465. The summed E-state index contributed by atoms with van der Waals surface area (Å²) >= 11 is 0. The summed E-state index contributed by atoms with van der Waals surface area (Å²) in [5, 5.41) is 0. The van der Waals surface area contributed by atoms with Gasteiger partial charge in [0.05, 0.1) is 0 Å². The van der Waals surface area contributed by atoms with Gasteiger partial charge in [0, 0.05) is 11.4 Å². The third-order valence-electron chi connectivity index (χ3n) is 2.02. The molecule has 1 heteroatoms. The van der Waals surface area contributed by atoms with Crippen molar-refractivity contribution in [3.05, 3.63) is 24.4 Å². The standard InChI is InChI=1S/C12H21N/c1-7-8-12(10(4)5)13-11(6)9(2)3/h7-10H,1H2,2-6H3/b12-8-,13-11?. The topological polar surface area (TPSA) is 12.4 Å². The van der Waals surface area contributed by atoms with Gasteiger partial charge in [-0.25, -0.2) is 0 Å². The number of rotatable bonds is 4. The van der Waals surface area contributed by atoms with Gasteiger partial charge in [0.15, 0.2) is 0 Å². The molecule has 0 fully saturated rings. The third kappa shape index (κ3) is 4.66. The summed E-state index contributed by atoms with van der Waals surface area (Å²) in [4.78, 5) is 4.57. The maximum atomic E-state index is 4.57. The number of hydrogen-bond donors (Lipinski definition) is 0. The number of nitrogens with zero attached hydrogens (tertiary/aromatic N) is 1. The van der Waals surface area contributed by atoms with E-state index in [4.69, 9.17) is 0 Å². The summed E-state index contributed by atoms with van der Waals surface area (Å²) in [6.07, 6.45) is 3.78. The van der Waals surface area contributed by atoms with E-state index in [0.29, 0.717) is 11.8 Å². The molecule has 0 saturated carbocycles. The van der Waals surface area contributed by atoms with Crippen molar-refractivity contribution in [2.75, 3.05) is 0 Å². The quantitative estimate of drug-likeness (QED) is 0.459. The highest BCUT2D eigenvalue weighted by Gasteiger charge is 2.03. The van der Waals surface area contributed by atoms with Crippen molar-refractivity contribution in [2.45, 2.75) is 34.6 Å². The lowest BCUT2D eigenvalue weighted by atomic mass is 10.1. The normalized spacial score (nSPS) is 14.1. The van der Waals surface area contributed by atoms with Crippen LogP contribution < -0.4 is 0 Å². The van der Waals surface area contributed by atoms with Crippen LogP contribution in [-0.2, 0) is 0 Å². The van der Waals surface area contributed by atoms with Gasteiger partial charge in [-0.1, -0.05) is 40.3 Å². The molecule has 0 heterocycles. The molecule has 0 bridgehead atoms. The Labute approximate surface area is 82.3 Å². The Morgan fingerprint density at radius 2 is 1.69 bits per heavy atom. The summed E-state index contributed by atoms with van der Waals surface area (Å²) in [5.74, 6) is 0.985. The summed E-state index contributed by atoms with van der Waals surface area (Å²) < 4.78 is 0. The van der Waals surface area contributed by atoms with Gasteiger partial charge < -0.3 is 0 Å². The van der Waals surface area contributed by atoms with E-state index < -0.39 is 0 Å². The zero-order chi connectivity index (χ0) is 10.4. The van der Waals surface area contributed by atoms with Gasteiger partial charge in [-0.05, 0) is 24.8 Å². The van der Waals surface area contributed by atoms with E-state index in [1.807, 2.05) is 6.08 Å². The summed E-state index contributed by atoms with van der Waals surface area (Å²) in [6, 6.07) is 0. The second-order valence-electron chi connectivity index (χ2n) is 3.89. The largest absolute Gasteiger partial charge is 0.262 e. The molecule has 1 nitrogen and oxygen atoms in total. The molecule has 0 aromatic rings. The van der Waals surface area contributed by atoms with Gasteiger partial charge in [0.25, 0.3) is 0 Å². The fourth-order valence-electron chi connectivity index (χ4n) is 0.812. The molecule has 0 radical (unpaired) electrons. The van der Waals surface area contributed by atoms with Crippen molar-refractivity contribution in [1.29, 1.82) is 0 Å². The first-order valence-electron chi connectivity index (χ1n) is 4.86. The van der Waals surface area contributed by atoms with E-state index in [-0.39, 0.29) is 0 Å². The molecule has 0 aliphatic rings. The number of allylic oxidation sites excluding steroid dienone is 3. The smallest absolute Gasteiger partial charge is 0.0428 e. The van der Waals surface area contributed by atoms with Gasteiger partial charge >= 0.3 is 0 Å². The van der Waals surface area contributed by atoms with E-state index >= 15 is 0 Å². The number of aliphatic imine (C=N–C) groups is 1. The van der Waals surface area contributed by atoms with Crippen LogP contribution >= 0.6 is 0 Å². The Morgan fingerprint density at radius 1 is 1.15 bits per heavy atom. The Kier molecular flexibility index (Phi) is 5.36. The Hall–Kier alpha value is -0.850. The molecule has 0 N–H and O–H groups in total. The predicted octanol–water partition coefficient (Wildman–Crippen LogP) is 3.83. The molecule has 0 unspecified atom stereocenters. The molecular weight excluding hydrogens is 158 g/mol. The number of hydrogen-bond acceptors (Lipinski definition) is 1. The van der Waals surface area contributed by atoms with E-state index in [9.17, 15) is 0 Å². The molecule has 13 heavy (non-hydrogen) atoms. The third-order valence-corrected chi connectivity index (χ3v) is 2.02. The van der Waals surface area contributed by atoms with Crippen LogP contribution in [0.4, 0.5) is 0 Å². The van der Waals surface area contributed by atoms with Crippen LogP contribution in [0.5, 0.6) is 0 Å². The summed E-state index contributed by atoms with van der Waals surface area (Å²) in [7, 11) is 0. The Balaban J connectivity index is 4.70. The summed E-state index contributed by atoms with van der Waals surface area (Å²) in [6.45, 7) is 14.4. The zero-order valence-corrected chi connectivity index (χ0v) is 9.46. The molecule has 0 spiro atoms. The van der Waals surface area contributed by atoms with Crippen LogP contribution in [0.15, 0.2) is 29.4 Å². The highest BCUT2D eigenvalue weighted by Crippen LogP contribution is 2.13. The molecule has 0 aliphatic carbocycles. The van der Waals surface area contributed by atoms with Crippen molar-refractivity contribution in [2.24, 2.45) is 16.8 Å². The Bertz CT molecular complexity index is 219. The van der Waals surface area contributed by atoms with Crippen LogP contribution in [0.1, 0.15) is 34.6 Å². The average molecular weight is 179 g/mol. The summed E-state index contributed by atoms with van der Waals surface area (Å²) in [5.41, 5.74) is 2.29. The van der Waals surface area contributed by atoms with Crippen molar-refractivity contribution >= 4 is 5.71 Å². The van der Waals surface area contributed by atoms with Crippen molar-refractivity contribution in [3.8, 4) is 0 Å². The lowest BCUT2D eigenvalue weighted by Gasteiger charge is -2.09. The van der Waals surface area contributed by atoms with E-state index in [0.717, 1.165) is 5.70 Å². The molecule has 0 aromatic heterocycles. The molecule has 0 aliphatic heterocycles. The maximum Gasteiger partial charge on any atom is 0.0428 e. The lowest BCUT2D eigenvalue weighted by molar-refractivity contribution is 0.751. The maximum absolute atomic E-state index is 4.57. The second kappa shape index (κ2) is 5.74. The molecule has 0 aromatic carbocycles. The lowest BCUT2D eigenvalue weighted by Crippen LogP contribution is -2.04.